The number of carbonyl (C=O) groups excluding carboxylic acids is 1. The maximum atomic E-state index is 12.0. The van der Waals surface area contributed by atoms with Crippen molar-refractivity contribution in [3.8, 4) is 0 Å². The Morgan fingerprint density at radius 2 is 1.81 bits per heavy atom. The predicted molar refractivity (Wildman–Crippen MR) is 131 cm³/mol. The van der Waals surface area contributed by atoms with Gasteiger partial charge in [-0.1, -0.05) is 101 Å². The molecule has 4 rings (SSSR count). The molecule has 0 saturated carbocycles. The summed E-state index contributed by atoms with van der Waals surface area (Å²) in [7, 11) is 0. The largest absolute Gasteiger partial charge is 0.272 e. The van der Waals surface area contributed by atoms with E-state index in [9.17, 15) is 4.79 Å². The van der Waals surface area contributed by atoms with E-state index in [2.05, 4.69) is 57.1 Å². The van der Waals surface area contributed by atoms with Gasteiger partial charge in [-0.25, -0.2) is 5.43 Å². The zero-order valence-corrected chi connectivity index (χ0v) is 19.4. The molecular formula is C22H17ClN4OS3. The van der Waals surface area contributed by atoms with Crippen LogP contribution < -0.4 is 5.43 Å². The Balaban J connectivity index is 1.25. The second-order valence-electron chi connectivity index (χ2n) is 6.40. The van der Waals surface area contributed by atoms with Crippen LogP contribution in [0.4, 0.5) is 0 Å². The van der Waals surface area contributed by atoms with Crippen LogP contribution in [0.3, 0.4) is 0 Å². The highest BCUT2D eigenvalue weighted by molar-refractivity contribution is 8.03. The number of nitrogens with one attached hydrogen (secondary N) is 1. The van der Waals surface area contributed by atoms with Gasteiger partial charge in [0.15, 0.2) is 8.68 Å². The average molecular weight is 485 g/mol. The molecule has 0 radical (unpaired) electrons. The first-order chi connectivity index (χ1) is 15.2. The molecule has 0 saturated heterocycles. The highest BCUT2D eigenvalue weighted by atomic mass is 35.5. The van der Waals surface area contributed by atoms with E-state index < -0.39 is 0 Å². The van der Waals surface area contributed by atoms with Crippen molar-refractivity contribution in [2.24, 2.45) is 5.10 Å². The maximum Gasteiger partial charge on any atom is 0.250 e. The molecule has 9 heteroatoms. The van der Waals surface area contributed by atoms with Gasteiger partial charge < -0.3 is 0 Å². The second kappa shape index (κ2) is 10.8. The van der Waals surface area contributed by atoms with Crippen LogP contribution in [0.25, 0.3) is 10.8 Å². The van der Waals surface area contributed by atoms with Crippen LogP contribution in [0.1, 0.15) is 11.1 Å². The first-order valence-electron chi connectivity index (χ1n) is 9.30. The predicted octanol–water partition coefficient (Wildman–Crippen LogP) is 5.88. The third-order valence-electron chi connectivity index (χ3n) is 4.20. The van der Waals surface area contributed by atoms with E-state index in [-0.39, 0.29) is 11.7 Å². The summed E-state index contributed by atoms with van der Waals surface area (Å²) in [5, 5.41) is 15.5. The molecule has 156 valence electrons. The molecule has 3 aromatic carbocycles. The van der Waals surface area contributed by atoms with Gasteiger partial charge in [0.05, 0.1) is 12.0 Å². The Hall–Kier alpha value is -2.39. The molecule has 4 aromatic rings. The first kappa shape index (κ1) is 21.8. The summed E-state index contributed by atoms with van der Waals surface area (Å²) in [6.07, 6.45) is 1.56. The van der Waals surface area contributed by atoms with Crippen LogP contribution >= 0.6 is 46.5 Å². The molecule has 31 heavy (non-hydrogen) atoms. The van der Waals surface area contributed by atoms with Gasteiger partial charge in [-0.05, 0) is 34.0 Å². The Labute approximate surface area is 197 Å². The SMILES string of the molecule is O=C(CSc1nnc(SCc2cccc3ccccc23)s1)N/N=C\c1cccc(Cl)c1. The fourth-order valence-corrected chi connectivity index (χ4v) is 5.81. The number of hydrogen-bond acceptors (Lipinski definition) is 7. The number of rotatable bonds is 8. The molecule has 0 unspecified atom stereocenters. The van der Waals surface area contributed by atoms with Crippen molar-refractivity contribution in [1.82, 2.24) is 15.6 Å². The number of carbonyl (C=O) groups is 1. The quantitative estimate of drug-likeness (QED) is 0.192. The minimum atomic E-state index is -0.205. The molecule has 1 N–H and O–H groups in total. The first-order valence-corrected chi connectivity index (χ1v) is 12.5. The topological polar surface area (TPSA) is 67.2 Å². The van der Waals surface area contributed by atoms with Crippen LogP contribution in [0.15, 0.2) is 80.5 Å². The third kappa shape index (κ3) is 6.30. The number of hydrazone groups is 1. The third-order valence-corrected chi connectivity index (χ3v) is 7.67. The number of amides is 1. The summed E-state index contributed by atoms with van der Waals surface area (Å²) in [5.41, 5.74) is 4.59. The maximum absolute atomic E-state index is 12.0. The van der Waals surface area contributed by atoms with Crippen molar-refractivity contribution < 1.29 is 4.79 Å². The van der Waals surface area contributed by atoms with Crippen molar-refractivity contribution in [3.05, 3.63) is 82.9 Å². The lowest BCUT2D eigenvalue weighted by molar-refractivity contribution is -0.118. The van der Waals surface area contributed by atoms with Crippen LogP contribution in [0.5, 0.6) is 0 Å². The standard InChI is InChI=1S/C22H17ClN4OS3/c23-18-9-3-5-15(11-18)12-24-25-20(28)14-30-22-27-26-21(31-22)29-13-17-8-4-7-16-6-1-2-10-19(16)17/h1-12H,13-14H2,(H,25,28)/b24-12-. The molecule has 0 fully saturated rings. The van der Waals surface area contributed by atoms with Crippen molar-refractivity contribution in [3.63, 3.8) is 0 Å². The number of fused-ring (bicyclic) bond motifs is 1. The number of thioether (sulfide) groups is 2. The van der Waals surface area contributed by atoms with Crippen LogP contribution in [0.2, 0.25) is 5.02 Å². The number of halogens is 1. The van der Waals surface area contributed by atoms with Gasteiger partial charge in [-0.2, -0.15) is 5.10 Å². The number of nitrogens with zero attached hydrogens (tertiary/aromatic N) is 3. The molecule has 1 aromatic heterocycles. The fraction of sp³-hybridized carbons (Fsp3) is 0.0909. The van der Waals surface area contributed by atoms with Crippen LogP contribution in [-0.4, -0.2) is 28.1 Å². The molecule has 0 spiro atoms. The summed E-state index contributed by atoms with van der Waals surface area (Å²) >= 11 is 10.4. The molecule has 0 aliphatic heterocycles. The lowest BCUT2D eigenvalue weighted by Gasteiger charge is -2.04. The van der Waals surface area contributed by atoms with E-state index in [0.717, 1.165) is 20.0 Å². The summed E-state index contributed by atoms with van der Waals surface area (Å²) in [6.45, 7) is 0. The molecule has 0 bridgehead atoms. The smallest absolute Gasteiger partial charge is 0.250 e. The fourth-order valence-electron chi connectivity index (χ4n) is 2.80. The monoisotopic (exact) mass is 484 g/mol. The minimum Gasteiger partial charge on any atom is -0.272 e. The molecule has 5 nitrogen and oxygen atoms in total. The highest BCUT2D eigenvalue weighted by Gasteiger charge is 2.09. The van der Waals surface area contributed by atoms with Crippen LogP contribution in [0, 0.1) is 0 Å². The lowest BCUT2D eigenvalue weighted by atomic mass is 10.1. The van der Waals surface area contributed by atoms with Crippen molar-refractivity contribution in [2.75, 3.05) is 5.75 Å². The summed E-state index contributed by atoms with van der Waals surface area (Å²) in [6, 6.07) is 21.9. The van der Waals surface area contributed by atoms with Gasteiger partial charge in [0, 0.05) is 10.8 Å². The van der Waals surface area contributed by atoms with E-state index in [1.54, 1.807) is 30.1 Å². The number of hydrogen-bond donors (Lipinski definition) is 1. The highest BCUT2D eigenvalue weighted by Crippen LogP contribution is 2.32. The van der Waals surface area contributed by atoms with Crippen molar-refractivity contribution in [1.29, 1.82) is 0 Å². The molecule has 1 heterocycles. The Bertz CT molecular complexity index is 1220. The van der Waals surface area contributed by atoms with Gasteiger partial charge in [-0.15, -0.1) is 10.2 Å². The van der Waals surface area contributed by atoms with Crippen molar-refractivity contribution >= 4 is 69.4 Å². The Morgan fingerprint density at radius 1 is 1.03 bits per heavy atom. The summed E-state index contributed by atoms with van der Waals surface area (Å²) in [4.78, 5) is 12.0. The molecule has 1 amide bonds. The van der Waals surface area contributed by atoms with Gasteiger partial charge in [0.2, 0.25) is 0 Å². The second-order valence-corrected chi connectivity index (χ2v) is 10.3. The van der Waals surface area contributed by atoms with Crippen molar-refractivity contribution in [2.45, 2.75) is 14.4 Å². The van der Waals surface area contributed by atoms with Gasteiger partial charge in [0.25, 0.3) is 5.91 Å². The molecular weight excluding hydrogens is 468 g/mol. The zero-order valence-electron chi connectivity index (χ0n) is 16.2. The minimum absolute atomic E-state index is 0.205. The van der Waals surface area contributed by atoms with E-state index >= 15 is 0 Å². The summed E-state index contributed by atoms with van der Waals surface area (Å²) < 4.78 is 1.64. The van der Waals surface area contributed by atoms with E-state index in [4.69, 9.17) is 11.6 Å². The number of benzene rings is 3. The van der Waals surface area contributed by atoms with Gasteiger partial charge in [-0.3, -0.25) is 4.79 Å². The normalized spacial score (nSPS) is 11.3. The zero-order chi connectivity index (χ0) is 21.5. The van der Waals surface area contributed by atoms with Crippen LogP contribution in [-0.2, 0) is 10.5 Å². The van der Waals surface area contributed by atoms with Gasteiger partial charge in [0.1, 0.15) is 0 Å². The molecule has 0 aliphatic carbocycles. The average Bonchev–Trinajstić information content (AvgIpc) is 3.24. The Morgan fingerprint density at radius 3 is 2.68 bits per heavy atom. The lowest BCUT2D eigenvalue weighted by Crippen LogP contribution is -2.19. The Kier molecular flexibility index (Phi) is 7.58. The van der Waals surface area contributed by atoms with E-state index in [1.807, 2.05) is 18.2 Å². The van der Waals surface area contributed by atoms with E-state index in [1.165, 1.54) is 39.4 Å². The number of aromatic nitrogens is 2. The molecule has 0 atom stereocenters. The van der Waals surface area contributed by atoms with E-state index in [0.29, 0.717) is 5.02 Å². The molecule has 0 aliphatic rings. The van der Waals surface area contributed by atoms with Gasteiger partial charge >= 0.3 is 0 Å². The summed E-state index contributed by atoms with van der Waals surface area (Å²) in [5.74, 6) is 0.831.